The molecule has 3 rings (SSSR count). The maximum atomic E-state index is 13.4. The molecule has 1 atom stereocenters. The molecule has 2 N–H and O–H groups in total. The van der Waals surface area contributed by atoms with E-state index in [1.165, 1.54) is 0 Å². The Kier molecular flexibility index (Phi) is 2.17. The summed E-state index contributed by atoms with van der Waals surface area (Å²) in [4.78, 5) is 0. The molecule has 0 saturated heterocycles. The Balaban J connectivity index is 2.27. The summed E-state index contributed by atoms with van der Waals surface area (Å²) in [6.45, 7) is 0. The standard InChI is InChI=1S/C14H13F2NO/c1-18-12-7-6-11(13(17)8-14(13,15)16)9-4-2-3-5-10(9)12/h2-7H,8,17H2,1H3. The maximum Gasteiger partial charge on any atom is 0.272 e. The fraction of sp³-hybridized carbons (Fsp3) is 0.286. The van der Waals surface area contributed by atoms with Gasteiger partial charge >= 0.3 is 0 Å². The third-order valence-electron chi connectivity index (χ3n) is 3.61. The van der Waals surface area contributed by atoms with E-state index in [-0.39, 0.29) is 6.42 Å². The molecule has 1 unspecified atom stereocenters. The van der Waals surface area contributed by atoms with Gasteiger partial charge in [0, 0.05) is 11.8 Å². The zero-order chi connectivity index (χ0) is 13.0. The van der Waals surface area contributed by atoms with Crippen molar-refractivity contribution in [1.82, 2.24) is 0 Å². The normalized spacial score (nSPS) is 25.1. The van der Waals surface area contributed by atoms with Gasteiger partial charge in [-0.15, -0.1) is 0 Å². The van der Waals surface area contributed by atoms with Gasteiger partial charge in [-0.2, -0.15) is 0 Å². The highest BCUT2D eigenvalue weighted by Crippen LogP contribution is 2.59. The number of ether oxygens (including phenoxy) is 1. The summed E-state index contributed by atoms with van der Waals surface area (Å²) in [5.41, 5.74) is 4.77. The fourth-order valence-electron chi connectivity index (χ4n) is 2.44. The van der Waals surface area contributed by atoms with Gasteiger partial charge in [0.1, 0.15) is 11.3 Å². The summed E-state index contributed by atoms with van der Waals surface area (Å²) in [6, 6.07) is 10.7. The molecule has 0 radical (unpaired) electrons. The summed E-state index contributed by atoms with van der Waals surface area (Å²) in [5, 5.41) is 1.54. The number of alkyl halides is 2. The average molecular weight is 249 g/mol. The number of rotatable bonds is 2. The van der Waals surface area contributed by atoms with Crippen molar-refractivity contribution in [3.05, 3.63) is 42.0 Å². The molecule has 0 aliphatic heterocycles. The van der Waals surface area contributed by atoms with Crippen LogP contribution >= 0.6 is 0 Å². The molecule has 1 aliphatic carbocycles. The second kappa shape index (κ2) is 3.42. The van der Waals surface area contributed by atoms with E-state index in [0.29, 0.717) is 11.3 Å². The van der Waals surface area contributed by atoms with E-state index in [4.69, 9.17) is 10.5 Å². The highest BCUT2D eigenvalue weighted by atomic mass is 19.3. The van der Waals surface area contributed by atoms with Crippen LogP contribution in [0.2, 0.25) is 0 Å². The number of halogens is 2. The van der Waals surface area contributed by atoms with Crippen molar-refractivity contribution in [2.24, 2.45) is 5.73 Å². The SMILES string of the molecule is COc1ccc(C2(N)CC2(F)F)c2ccccc12. The molecule has 0 amide bonds. The molecule has 2 aromatic rings. The van der Waals surface area contributed by atoms with E-state index in [1.54, 1.807) is 25.3 Å². The second-order valence-corrected chi connectivity index (χ2v) is 4.71. The number of methoxy groups -OCH3 is 1. The van der Waals surface area contributed by atoms with Crippen LogP contribution in [-0.2, 0) is 5.54 Å². The molecular formula is C14H13F2NO. The van der Waals surface area contributed by atoms with Crippen LogP contribution in [0.4, 0.5) is 8.78 Å². The summed E-state index contributed by atoms with van der Waals surface area (Å²) in [5.74, 6) is -2.15. The van der Waals surface area contributed by atoms with Gasteiger partial charge in [0.05, 0.1) is 7.11 Å². The quantitative estimate of drug-likeness (QED) is 0.887. The molecule has 2 aromatic carbocycles. The fourth-order valence-corrected chi connectivity index (χ4v) is 2.44. The second-order valence-electron chi connectivity index (χ2n) is 4.71. The Hall–Kier alpha value is -1.68. The average Bonchev–Trinajstić information content (AvgIpc) is 2.88. The number of nitrogens with two attached hydrogens (primary N) is 1. The molecule has 0 bridgehead atoms. The molecule has 0 aromatic heterocycles. The Bertz CT molecular complexity index is 626. The van der Waals surface area contributed by atoms with Gasteiger partial charge in [0.2, 0.25) is 0 Å². The first kappa shape index (κ1) is 11.4. The van der Waals surface area contributed by atoms with Crippen LogP contribution in [0.1, 0.15) is 12.0 Å². The number of hydrogen-bond acceptors (Lipinski definition) is 2. The van der Waals surface area contributed by atoms with E-state index in [1.807, 2.05) is 18.2 Å². The molecule has 4 heteroatoms. The number of fused-ring (bicyclic) bond motifs is 1. The van der Waals surface area contributed by atoms with Crippen molar-refractivity contribution in [2.45, 2.75) is 17.9 Å². The Morgan fingerprint density at radius 2 is 1.72 bits per heavy atom. The topological polar surface area (TPSA) is 35.2 Å². The van der Waals surface area contributed by atoms with E-state index in [0.717, 1.165) is 10.8 Å². The van der Waals surface area contributed by atoms with Gasteiger partial charge in [0.25, 0.3) is 5.92 Å². The third kappa shape index (κ3) is 1.35. The van der Waals surface area contributed by atoms with E-state index in [9.17, 15) is 8.78 Å². The molecule has 1 saturated carbocycles. The first-order valence-electron chi connectivity index (χ1n) is 5.72. The maximum absolute atomic E-state index is 13.4. The predicted molar refractivity (Wildman–Crippen MR) is 65.9 cm³/mol. The van der Waals surface area contributed by atoms with Gasteiger partial charge < -0.3 is 10.5 Å². The van der Waals surface area contributed by atoms with E-state index >= 15 is 0 Å². The van der Waals surface area contributed by atoms with Gasteiger partial charge in [-0.05, 0) is 17.0 Å². The highest BCUT2D eigenvalue weighted by molar-refractivity contribution is 5.92. The summed E-state index contributed by atoms with van der Waals surface area (Å²) in [7, 11) is 1.56. The lowest BCUT2D eigenvalue weighted by Gasteiger charge is -2.15. The molecule has 0 spiro atoms. The summed E-state index contributed by atoms with van der Waals surface area (Å²) >= 11 is 0. The monoisotopic (exact) mass is 249 g/mol. The lowest BCUT2D eigenvalue weighted by Crippen LogP contribution is -2.27. The number of hydrogen-bond donors (Lipinski definition) is 1. The summed E-state index contributed by atoms with van der Waals surface area (Å²) in [6.07, 6.45) is -0.295. The lowest BCUT2D eigenvalue weighted by atomic mass is 9.96. The molecular weight excluding hydrogens is 236 g/mol. The van der Waals surface area contributed by atoms with E-state index < -0.39 is 11.5 Å². The first-order valence-corrected chi connectivity index (χ1v) is 5.72. The van der Waals surface area contributed by atoms with Gasteiger partial charge in [-0.1, -0.05) is 30.3 Å². The van der Waals surface area contributed by atoms with Crippen molar-refractivity contribution >= 4 is 10.8 Å². The number of benzene rings is 2. The molecule has 94 valence electrons. The van der Waals surface area contributed by atoms with Crippen LogP contribution < -0.4 is 10.5 Å². The van der Waals surface area contributed by atoms with Crippen LogP contribution in [0.15, 0.2) is 36.4 Å². The lowest BCUT2D eigenvalue weighted by molar-refractivity contribution is 0.0894. The minimum Gasteiger partial charge on any atom is -0.496 e. The van der Waals surface area contributed by atoms with Gasteiger partial charge in [-0.3, -0.25) is 0 Å². The van der Waals surface area contributed by atoms with Crippen molar-refractivity contribution in [3.8, 4) is 5.75 Å². The van der Waals surface area contributed by atoms with Crippen LogP contribution in [0.3, 0.4) is 0 Å². The minimum atomic E-state index is -2.82. The van der Waals surface area contributed by atoms with Crippen molar-refractivity contribution in [2.75, 3.05) is 7.11 Å². The zero-order valence-corrected chi connectivity index (χ0v) is 9.91. The Labute approximate surface area is 103 Å². The largest absolute Gasteiger partial charge is 0.496 e. The van der Waals surface area contributed by atoms with Crippen LogP contribution in [0.25, 0.3) is 10.8 Å². The third-order valence-corrected chi connectivity index (χ3v) is 3.61. The Morgan fingerprint density at radius 3 is 2.28 bits per heavy atom. The van der Waals surface area contributed by atoms with Crippen molar-refractivity contribution in [3.63, 3.8) is 0 Å². The molecule has 1 aliphatic rings. The minimum absolute atomic E-state index is 0.295. The van der Waals surface area contributed by atoms with Gasteiger partial charge in [0.15, 0.2) is 0 Å². The predicted octanol–water partition coefficient (Wildman–Crippen LogP) is 3.04. The van der Waals surface area contributed by atoms with Crippen molar-refractivity contribution < 1.29 is 13.5 Å². The molecule has 2 nitrogen and oxygen atoms in total. The first-order chi connectivity index (χ1) is 8.49. The van der Waals surface area contributed by atoms with Crippen LogP contribution in [0.5, 0.6) is 5.75 Å². The zero-order valence-electron chi connectivity index (χ0n) is 9.91. The highest BCUT2D eigenvalue weighted by Gasteiger charge is 2.70. The summed E-state index contributed by atoms with van der Waals surface area (Å²) < 4.78 is 32.1. The molecule has 18 heavy (non-hydrogen) atoms. The molecule has 1 fully saturated rings. The van der Waals surface area contributed by atoms with Crippen molar-refractivity contribution in [1.29, 1.82) is 0 Å². The Morgan fingerprint density at radius 1 is 1.11 bits per heavy atom. The van der Waals surface area contributed by atoms with Crippen LogP contribution in [-0.4, -0.2) is 13.0 Å². The van der Waals surface area contributed by atoms with Crippen LogP contribution in [0, 0.1) is 0 Å². The van der Waals surface area contributed by atoms with E-state index in [2.05, 4.69) is 0 Å². The smallest absolute Gasteiger partial charge is 0.272 e. The molecule has 0 heterocycles. The van der Waals surface area contributed by atoms with Gasteiger partial charge in [-0.25, -0.2) is 8.78 Å².